The van der Waals surface area contributed by atoms with Crippen molar-refractivity contribution in [3.8, 4) is 5.75 Å². The Morgan fingerprint density at radius 3 is 2.52 bits per heavy atom. The molecule has 0 bridgehead atoms. The summed E-state index contributed by atoms with van der Waals surface area (Å²) in [4.78, 5) is 41.6. The standard InChI is InChI=1S/C24H25N3O4/c1-2-3-12-27-21(29)19-18(13-14-8-10-15(28)11-9-14)26-24(20(19)22(27)30)16-6-4-5-7-17(16)25-23(24)31/h4-11,18-20,26,28H,2-3,12-13H2,1H3,(H,25,31)/t18-,19+,20-,24+/m0/s1. The first-order chi connectivity index (χ1) is 15.0. The molecule has 0 radical (unpaired) electrons. The summed E-state index contributed by atoms with van der Waals surface area (Å²) in [6.45, 7) is 2.40. The van der Waals surface area contributed by atoms with Gasteiger partial charge in [0.2, 0.25) is 17.7 Å². The molecular formula is C24H25N3O4. The Morgan fingerprint density at radius 1 is 1.03 bits per heavy atom. The highest BCUT2D eigenvalue weighted by atomic mass is 16.3. The van der Waals surface area contributed by atoms with Crippen LogP contribution in [0.3, 0.4) is 0 Å². The second-order valence-corrected chi connectivity index (χ2v) is 8.61. The average Bonchev–Trinajstić information content (AvgIpc) is 3.33. The smallest absolute Gasteiger partial charge is 0.250 e. The Hall–Kier alpha value is -3.19. The van der Waals surface area contributed by atoms with Gasteiger partial charge in [-0.15, -0.1) is 0 Å². The van der Waals surface area contributed by atoms with Crippen LogP contribution in [-0.4, -0.2) is 40.3 Å². The lowest BCUT2D eigenvalue weighted by Gasteiger charge is -2.29. The predicted molar refractivity (Wildman–Crippen MR) is 114 cm³/mol. The van der Waals surface area contributed by atoms with Crippen LogP contribution in [0.4, 0.5) is 5.69 Å². The lowest BCUT2D eigenvalue weighted by atomic mass is 9.76. The van der Waals surface area contributed by atoms with E-state index in [1.807, 2.05) is 31.2 Å². The average molecular weight is 419 g/mol. The molecule has 3 amide bonds. The first-order valence-electron chi connectivity index (χ1n) is 10.8. The van der Waals surface area contributed by atoms with Gasteiger partial charge in [-0.2, -0.15) is 0 Å². The number of para-hydroxylation sites is 1. The number of unbranched alkanes of at least 4 members (excludes halogenated alkanes) is 1. The molecule has 3 aliphatic heterocycles. The van der Waals surface area contributed by atoms with Crippen LogP contribution in [0.15, 0.2) is 48.5 Å². The van der Waals surface area contributed by atoms with Gasteiger partial charge in [-0.25, -0.2) is 0 Å². The molecule has 2 saturated heterocycles. The molecule has 3 N–H and O–H groups in total. The molecule has 1 spiro atoms. The van der Waals surface area contributed by atoms with Gasteiger partial charge >= 0.3 is 0 Å². The quantitative estimate of drug-likeness (QED) is 0.645. The van der Waals surface area contributed by atoms with Crippen LogP contribution in [0.2, 0.25) is 0 Å². The lowest BCUT2D eigenvalue weighted by Crippen LogP contribution is -2.53. The van der Waals surface area contributed by atoms with Gasteiger partial charge in [0.1, 0.15) is 11.3 Å². The van der Waals surface area contributed by atoms with Crippen LogP contribution < -0.4 is 10.6 Å². The monoisotopic (exact) mass is 419 g/mol. The molecule has 3 aliphatic rings. The number of hydrogen-bond acceptors (Lipinski definition) is 5. The number of hydrogen-bond donors (Lipinski definition) is 3. The topological polar surface area (TPSA) is 98.7 Å². The Labute approximate surface area is 180 Å². The van der Waals surface area contributed by atoms with E-state index >= 15 is 0 Å². The van der Waals surface area contributed by atoms with E-state index in [-0.39, 0.29) is 29.5 Å². The molecule has 0 saturated carbocycles. The van der Waals surface area contributed by atoms with Crippen LogP contribution in [-0.2, 0) is 26.3 Å². The second-order valence-electron chi connectivity index (χ2n) is 8.61. The molecule has 0 aromatic heterocycles. The normalized spacial score (nSPS) is 28.9. The van der Waals surface area contributed by atoms with Crippen molar-refractivity contribution in [2.75, 3.05) is 11.9 Å². The number of amides is 3. The van der Waals surface area contributed by atoms with Gasteiger partial charge in [0.25, 0.3) is 0 Å². The summed E-state index contributed by atoms with van der Waals surface area (Å²) in [6, 6.07) is 13.8. The maximum atomic E-state index is 13.5. The maximum Gasteiger partial charge on any atom is 0.250 e. The molecule has 4 atom stereocenters. The van der Waals surface area contributed by atoms with E-state index in [2.05, 4.69) is 10.6 Å². The summed E-state index contributed by atoms with van der Waals surface area (Å²) in [5, 5.41) is 15.9. The number of carbonyl (C=O) groups is 3. The van der Waals surface area contributed by atoms with Crippen molar-refractivity contribution in [1.82, 2.24) is 10.2 Å². The number of likely N-dealkylation sites (tertiary alicyclic amines) is 1. The molecular weight excluding hydrogens is 394 g/mol. The molecule has 7 nitrogen and oxygen atoms in total. The number of aromatic hydroxyl groups is 1. The van der Waals surface area contributed by atoms with E-state index in [9.17, 15) is 19.5 Å². The molecule has 5 rings (SSSR count). The number of fused-ring (bicyclic) bond motifs is 4. The molecule has 0 unspecified atom stereocenters. The van der Waals surface area contributed by atoms with Crippen LogP contribution in [0.5, 0.6) is 5.75 Å². The summed E-state index contributed by atoms with van der Waals surface area (Å²) < 4.78 is 0. The third kappa shape index (κ3) is 2.80. The minimum absolute atomic E-state index is 0.166. The van der Waals surface area contributed by atoms with Crippen molar-refractivity contribution in [2.45, 2.75) is 37.8 Å². The number of phenolic OH excluding ortho intramolecular Hbond substituents is 1. The Bertz CT molecular complexity index is 1070. The van der Waals surface area contributed by atoms with Crippen molar-refractivity contribution in [2.24, 2.45) is 11.8 Å². The van der Waals surface area contributed by atoms with Crippen molar-refractivity contribution in [3.05, 3.63) is 59.7 Å². The summed E-state index contributed by atoms with van der Waals surface area (Å²) >= 11 is 0. The van der Waals surface area contributed by atoms with Crippen molar-refractivity contribution >= 4 is 23.4 Å². The van der Waals surface area contributed by atoms with Gasteiger partial charge in [0.15, 0.2) is 0 Å². The van der Waals surface area contributed by atoms with Gasteiger partial charge in [0, 0.05) is 23.8 Å². The first-order valence-corrected chi connectivity index (χ1v) is 10.8. The second kappa shape index (κ2) is 7.20. The molecule has 2 aromatic carbocycles. The number of carbonyl (C=O) groups excluding carboxylic acids is 3. The zero-order chi connectivity index (χ0) is 21.8. The molecule has 3 heterocycles. The Balaban J connectivity index is 1.59. The molecule has 2 fully saturated rings. The zero-order valence-corrected chi connectivity index (χ0v) is 17.3. The van der Waals surface area contributed by atoms with Crippen molar-refractivity contribution < 1.29 is 19.5 Å². The largest absolute Gasteiger partial charge is 0.508 e. The summed E-state index contributed by atoms with van der Waals surface area (Å²) in [7, 11) is 0. The molecule has 31 heavy (non-hydrogen) atoms. The fraction of sp³-hybridized carbons (Fsp3) is 0.375. The number of phenols is 1. The molecule has 2 aromatic rings. The van der Waals surface area contributed by atoms with Crippen LogP contribution in [0.1, 0.15) is 30.9 Å². The molecule has 160 valence electrons. The van der Waals surface area contributed by atoms with Crippen molar-refractivity contribution in [3.63, 3.8) is 0 Å². The first kappa shape index (κ1) is 19.8. The van der Waals surface area contributed by atoms with E-state index in [0.29, 0.717) is 18.7 Å². The van der Waals surface area contributed by atoms with E-state index < -0.39 is 17.4 Å². The van der Waals surface area contributed by atoms with E-state index in [1.54, 1.807) is 24.3 Å². The summed E-state index contributed by atoms with van der Waals surface area (Å²) in [6.07, 6.45) is 2.08. The minimum atomic E-state index is -1.25. The number of nitrogens with one attached hydrogen (secondary N) is 2. The highest BCUT2D eigenvalue weighted by Gasteiger charge is 2.70. The fourth-order valence-electron chi connectivity index (χ4n) is 5.42. The Kier molecular flexibility index (Phi) is 4.59. The van der Waals surface area contributed by atoms with Crippen LogP contribution in [0.25, 0.3) is 0 Å². The maximum absolute atomic E-state index is 13.5. The van der Waals surface area contributed by atoms with E-state index in [0.717, 1.165) is 24.0 Å². The van der Waals surface area contributed by atoms with Crippen LogP contribution in [0, 0.1) is 11.8 Å². The molecule has 7 heteroatoms. The summed E-state index contributed by atoms with van der Waals surface area (Å²) in [5.41, 5.74) is 1.07. The SMILES string of the molecule is CCCCN1C(=O)[C@@H]2[C@H](Cc3ccc(O)cc3)N[C@@]3(C(=O)Nc4ccccc43)[C@@H]2C1=O. The zero-order valence-electron chi connectivity index (χ0n) is 17.3. The van der Waals surface area contributed by atoms with E-state index in [1.165, 1.54) is 4.90 Å². The van der Waals surface area contributed by atoms with E-state index in [4.69, 9.17) is 0 Å². The number of anilines is 1. The molecule has 0 aliphatic carbocycles. The van der Waals surface area contributed by atoms with Crippen LogP contribution >= 0.6 is 0 Å². The highest BCUT2D eigenvalue weighted by Crippen LogP contribution is 2.53. The number of nitrogens with zero attached hydrogens (tertiary/aromatic N) is 1. The fourth-order valence-corrected chi connectivity index (χ4v) is 5.42. The number of rotatable bonds is 5. The minimum Gasteiger partial charge on any atom is -0.508 e. The number of benzene rings is 2. The van der Waals surface area contributed by atoms with Gasteiger partial charge in [-0.1, -0.05) is 43.7 Å². The summed E-state index contributed by atoms with van der Waals surface area (Å²) in [5.74, 6) is -1.97. The highest BCUT2D eigenvalue weighted by molar-refractivity contribution is 6.15. The predicted octanol–water partition coefficient (Wildman–Crippen LogP) is 2.16. The van der Waals surface area contributed by atoms with Gasteiger partial charge in [-0.05, 0) is 36.6 Å². The van der Waals surface area contributed by atoms with Crippen molar-refractivity contribution in [1.29, 1.82) is 0 Å². The third-order valence-corrected chi connectivity index (χ3v) is 6.84. The van der Waals surface area contributed by atoms with Gasteiger partial charge in [-0.3, -0.25) is 24.6 Å². The lowest BCUT2D eigenvalue weighted by molar-refractivity contribution is -0.142. The van der Waals surface area contributed by atoms with Gasteiger partial charge < -0.3 is 10.4 Å². The number of imide groups is 1. The Morgan fingerprint density at radius 2 is 1.77 bits per heavy atom. The van der Waals surface area contributed by atoms with Gasteiger partial charge in [0.05, 0.1) is 11.8 Å². The third-order valence-electron chi connectivity index (χ3n) is 6.84.